The third-order valence-electron chi connectivity index (χ3n) is 4.50. The zero-order valence-corrected chi connectivity index (χ0v) is 15.6. The Labute approximate surface area is 162 Å². The first-order valence-electron chi connectivity index (χ1n) is 8.44. The second-order valence-corrected chi connectivity index (χ2v) is 7.27. The van der Waals surface area contributed by atoms with Crippen molar-refractivity contribution in [2.45, 2.75) is 24.7 Å². The summed E-state index contributed by atoms with van der Waals surface area (Å²) in [6, 6.07) is 14.7. The highest BCUT2D eigenvalue weighted by Gasteiger charge is 2.52. The molecule has 1 aliphatic carbocycles. The molecule has 0 unspecified atom stereocenters. The van der Waals surface area contributed by atoms with E-state index >= 15 is 0 Å². The highest BCUT2D eigenvalue weighted by molar-refractivity contribution is 6.30. The van der Waals surface area contributed by atoms with Crippen molar-refractivity contribution >= 4 is 35.1 Å². The van der Waals surface area contributed by atoms with Crippen LogP contribution in [0.2, 0.25) is 10.0 Å². The smallest absolute Gasteiger partial charge is 0.317 e. The van der Waals surface area contributed by atoms with Gasteiger partial charge in [-0.2, -0.15) is 0 Å². The molecule has 136 valence electrons. The van der Waals surface area contributed by atoms with Crippen molar-refractivity contribution in [1.29, 1.82) is 0 Å². The number of carbonyl (C=O) groups is 2. The van der Waals surface area contributed by atoms with Crippen molar-refractivity contribution in [2.75, 3.05) is 13.2 Å². The molecule has 0 aromatic heterocycles. The van der Waals surface area contributed by atoms with Crippen LogP contribution in [0.15, 0.2) is 48.5 Å². The largest absolute Gasteiger partial charge is 0.455 e. The molecule has 2 aromatic rings. The van der Waals surface area contributed by atoms with Crippen LogP contribution in [-0.4, -0.2) is 25.0 Å². The second-order valence-electron chi connectivity index (χ2n) is 6.40. The van der Waals surface area contributed by atoms with Gasteiger partial charge in [-0.3, -0.25) is 9.59 Å². The maximum Gasteiger partial charge on any atom is 0.317 e. The fraction of sp³-hybridized carbons (Fsp3) is 0.300. The molecule has 0 saturated heterocycles. The number of ether oxygens (including phenoxy) is 1. The van der Waals surface area contributed by atoms with Crippen LogP contribution < -0.4 is 5.32 Å². The average molecular weight is 392 g/mol. The van der Waals surface area contributed by atoms with Crippen LogP contribution in [0.1, 0.15) is 24.0 Å². The molecule has 0 aliphatic heterocycles. The average Bonchev–Trinajstić information content (AvgIpc) is 3.42. The summed E-state index contributed by atoms with van der Waals surface area (Å²) < 4.78 is 5.23. The maximum absolute atomic E-state index is 12.4. The van der Waals surface area contributed by atoms with Crippen molar-refractivity contribution in [1.82, 2.24) is 5.32 Å². The second kappa shape index (κ2) is 8.11. The number of hydrogen-bond donors (Lipinski definition) is 1. The lowest BCUT2D eigenvalue weighted by molar-refractivity contribution is -0.151. The molecule has 1 aliphatic rings. The van der Waals surface area contributed by atoms with Gasteiger partial charge in [0.2, 0.25) is 0 Å². The predicted octanol–water partition coefficient (Wildman–Crippen LogP) is 3.93. The Morgan fingerprint density at radius 1 is 1.04 bits per heavy atom. The van der Waals surface area contributed by atoms with Gasteiger partial charge in [0.15, 0.2) is 6.61 Å². The predicted molar refractivity (Wildman–Crippen MR) is 101 cm³/mol. The molecule has 0 heterocycles. The quantitative estimate of drug-likeness (QED) is 0.727. The molecule has 1 N–H and O–H groups in total. The zero-order valence-electron chi connectivity index (χ0n) is 14.1. The Morgan fingerprint density at radius 3 is 2.42 bits per heavy atom. The molecule has 0 spiro atoms. The van der Waals surface area contributed by atoms with E-state index in [2.05, 4.69) is 5.32 Å². The van der Waals surface area contributed by atoms with E-state index in [1.54, 1.807) is 18.2 Å². The van der Waals surface area contributed by atoms with Crippen LogP contribution in [0.4, 0.5) is 0 Å². The molecular formula is C20H19Cl2NO3. The molecule has 1 fully saturated rings. The van der Waals surface area contributed by atoms with E-state index in [0.29, 0.717) is 23.0 Å². The van der Waals surface area contributed by atoms with Crippen LogP contribution in [-0.2, 0) is 26.2 Å². The Balaban J connectivity index is 1.44. The lowest BCUT2D eigenvalue weighted by Crippen LogP contribution is -2.33. The normalized spacial score (nSPS) is 14.5. The van der Waals surface area contributed by atoms with E-state index in [1.807, 2.05) is 30.3 Å². The lowest BCUT2D eigenvalue weighted by Gasteiger charge is -2.15. The van der Waals surface area contributed by atoms with E-state index in [-0.39, 0.29) is 18.5 Å². The highest BCUT2D eigenvalue weighted by atomic mass is 35.5. The molecule has 3 rings (SSSR count). The first-order chi connectivity index (χ1) is 12.5. The molecule has 0 radical (unpaired) electrons. The zero-order chi connectivity index (χ0) is 18.6. The molecular weight excluding hydrogens is 373 g/mol. The summed E-state index contributed by atoms with van der Waals surface area (Å²) >= 11 is 11.8. The molecule has 0 atom stereocenters. The standard InChI is InChI=1S/C20H19Cl2NO3/c21-16-6-4-15(5-7-16)20(9-10-20)19(25)26-13-18(24)23-11-8-14-2-1-3-17(22)12-14/h1-7,12H,8-11,13H2,(H,23,24). The first-order valence-corrected chi connectivity index (χ1v) is 9.20. The number of esters is 1. The van der Waals surface area contributed by atoms with E-state index in [4.69, 9.17) is 27.9 Å². The number of carbonyl (C=O) groups excluding carboxylic acids is 2. The number of benzene rings is 2. The Kier molecular flexibility index (Phi) is 5.84. The number of rotatable bonds is 7. The summed E-state index contributed by atoms with van der Waals surface area (Å²) in [5, 5.41) is 4.04. The summed E-state index contributed by atoms with van der Waals surface area (Å²) in [6.45, 7) is 0.183. The summed E-state index contributed by atoms with van der Waals surface area (Å²) in [4.78, 5) is 24.3. The summed E-state index contributed by atoms with van der Waals surface area (Å²) in [6.07, 6.45) is 2.11. The van der Waals surface area contributed by atoms with Crippen molar-refractivity contribution in [3.63, 3.8) is 0 Å². The van der Waals surface area contributed by atoms with Crippen LogP contribution in [0.5, 0.6) is 0 Å². The van der Waals surface area contributed by atoms with Crippen molar-refractivity contribution in [2.24, 2.45) is 0 Å². The van der Waals surface area contributed by atoms with Gasteiger partial charge in [-0.15, -0.1) is 0 Å². The van der Waals surface area contributed by atoms with Crippen molar-refractivity contribution in [3.05, 3.63) is 69.7 Å². The lowest BCUT2D eigenvalue weighted by atomic mass is 9.96. The topological polar surface area (TPSA) is 55.4 Å². The number of halogens is 2. The molecule has 1 amide bonds. The van der Waals surface area contributed by atoms with Crippen LogP contribution in [0.3, 0.4) is 0 Å². The van der Waals surface area contributed by atoms with Gasteiger partial charge >= 0.3 is 5.97 Å². The minimum absolute atomic E-state index is 0.274. The monoisotopic (exact) mass is 391 g/mol. The van der Waals surface area contributed by atoms with Crippen molar-refractivity contribution in [3.8, 4) is 0 Å². The van der Waals surface area contributed by atoms with Gasteiger partial charge in [-0.1, -0.05) is 47.5 Å². The maximum atomic E-state index is 12.4. The molecule has 6 heteroatoms. The molecule has 26 heavy (non-hydrogen) atoms. The number of nitrogens with one attached hydrogen (secondary N) is 1. The Bertz CT molecular complexity index is 801. The van der Waals surface area contributed by atoms with Gasteiger partial charge in [0.05, 0.1) is 5.41 Å². The highest BCUT2D eigenvalue weighted by Crippen LogP contribution is 2.49. The van der Waals surface area contributed by atoms with Crippen LogP contribution in [0, 0.1) is 0 Å². The summed E-state index contributed by atoms with van der Waals surface area (Å²) in [5.74, 6) is -0.669. The van der Waals surface area contributed by atoms with Gasteiger partial charge in [0.25, 0.3) is 5.91 Å². The van der Waals surface area contributed by atoms with Gasteiger partial charge in [-0.05, 0) is 54.7 Å². The SMILES string of the molecule is O=C(COC(=O)C1(c2ccc(Cl)cc2)CC1)NCCc1cccc(Cl)c1. The minimum Gasteiger partial charge on any atom is -0.455 e. The molecule has 4 nitrogen and oxygen atoms in total. The summed E-state index contributed by atoms with van der Waals surface area (Å²) in [5.41, 5.74) is 1.30. The third-order valence-corrected chi connectivity index (χ3v) is 4.98. The molecule has 2 aromatic carbocycles. The van der Waals surface area contributed by atoms with E-state index in [0.717, 1.165) is 24.0 Å². The van der Waals surface area contributed by atoms with Gasteiger partial charge < -0.3 is 10.1 Å². The van der Waals surface area contributed by atoms with Crippen LogP contribution >= 0.6 is 23.2 Å². The fourth-order valence-corrected chi connectivity index (χ4v) is 3.20. The number of hydrogen-bond acceptors (Lipinski definition) is 3. The van der Waals surface area contributed by atoms with E-state index in [1.165, 1.54) is 0 Å². The van der Waals surface area contributed by atoms with E-state index < -0.39 is 5.41 Å². The number of amides is 1. The van der Waals surface area contributed by atoms with Gasteiger partial charge in [0.1, 0.15) is 0 Å². The molecule has 1 saturated carbocycles. The molecule has 0 bridgehead atoms. The van der Waals surface area contributed by atoms with Gasteiger partial charge in [0, 0.05) is 16.6 Å². The Hall–Kier alpha value is -2.04. The van der Waals surface area contributed by atoms with Gasteiger partial charge in [-0.25, -0.2) is 0 Å². The minimum atomic E-state index is -0.619. The Morgan fingerprint density at radius 2 is 1.77 bits per heavy atom. The van der Waals surface area contributed by atoms with Crippen molar-refractivity contribution < 1.29 is 14.3 Å². The van der Waals surface area contributed by atoms with Crippen LogP contribution in [0.25, 0.3) is 0 Å². The van der Waals surface area contributed by atoms with E-state index in [9.17, 15) is 9.59 Å². The fourth-order valence-electron chi connectivity index (χ4n) is 2.86. The summed E-state index contributed by atoms with van der Waals surface area (Å²) in [7, 11) is 0. The first kappa shape index (κ1) is 18.7. The third kappa shape index (κ3) is 4.57.